The van der Waals surface area contributed by atoms with E-state index in [0.29, 0.717) is 28.5 Å². The molecule has 0 aliphatic carbocycles. The van der Waals surface area contributed by atoms with Gasteiger partial charge in [0.25, 0.3) is 0 Å². The number of aryl methyl sites for hydroxylation is 2. The first-order chi connectivity index (χ1) is 68.4. The molecule has 10 aromatic heterocycles. The topological polar surface area (TPSA) is 181 Å². The van der Waals surface area contributed by atoms with Gasteiger partial charge in [-0.1, -0.05) is 258 Å². The van der Waals surface area contributed by atoms with Crippen molar-refractivity contribution in [3.63, 3.8) is 0 Å². The number of hydrogen-bond acceptors (Lipinski definition) is 14. The number of halogens is 1. The molecule has 0 aliphatic rings. The zero-order valence-corrected chi connectivity index (χ0v) is 89.0. The molecule has 13 nitrogen and oxygen atoms in total. The van der Waals surface area contributed by atoms with Gasteiger partial charge in [0.05, 0.1) is 17.1 Å². The number of nitrogens with zero attached hydrogens (tertiary/aromatic N) is 9. The van der Waals surface area contributed by atoms with Gasteiger partial charge < -0.3 is 30.1 Å². The maximum absolute atomic E-state index is 16.2. The number of carboxylic acid groups (broad SMARTS) is 1. The van der Waals surface area contributed by atoms with Crippen LogP contribution in [0.15, 0.2) is 425 Å². The van der Waals surface area contributed by atoms with Crippen LogP contribution in [0.2, 0.25) is 0 Å². The van der Waals surface area contributed by atoms with Gasteiger partial charge in [0.1, 0.15) is 5.69 Å². The van der Waals surface area contributed by atoms with Crippen molar-refractivity contribution in [2.45, 2.75) is 40.3 Å². The molecular formula is C124H86FIr2N9O4Pt2S2-4. The van der Waals surface area contributed by atoms with Crippen LogP contribution in [0.1, 0.15) is 53.9 Å². The zero-order valence-electron chi connectivity index (χ0n) is 78.1. The normalized spacial score (nSPS) is 10.8. The first-order valence-corrected chi connectivity index (χ1v) is 46.8. The SMILES string of the molecule is CC(=O)C=C(C)O.CC(F)(c1cccc(-c2[c-]c3ccccc3s2)n1)c1cccc(-c2[c-]c3ccccc3s2)n1.Cc1c[c-]c2c3[c-]cccc3c3ccccc3c2n1.Cc1ccc(-c2cc(C(=O)O)nc(-c3[c-]cccc3)c2)cc1.[Ir].[Ir].[Pt+2].[Pt+2].[c-]1c(-c2ccccn2)cc(-c2ccccc2)cc1-c1nccc2ccccc12.[c-]1c(-c2ccccn2)cccc1N(c1[c-]c(-c2ccccn2)ccc1)c1ccccc1. The number of fused-ring (bicyclic) bond motifs is 9. The van der Waals surface area contributed by atoms with E-state index in [9.17, 15) is 14.7 Å². The number of aromatic carboxylic acids is 1. The number of aliphatic hydroxyl groups excluding tert-OH is 1. The van der Waals surface area contributed by atoms with Crippen molar-refractivity contribution >= 4 is 115 Å². The number of thiophene rings is 2. The average Bonchev–Trinajstić information content (AvgIpc) is 0.982. The Balaban J connectivity index is 0.000000141. The number of pyridine rings is 8. The van der Waals surface area contributed by atoms with Crippen LogP contribution in [-0.2, 0) is 92.8 Å². The maximum Gasteiger partial charge on any atom is 2.00 e. The van der Waals surface area contributed by atoms with Crippen molar-refractivity contribution in [1.29, 1.82) is 0 Å². The summed E-state index contributed by atoms with van der Waals surface area (Å²) in [7, 11) is 0. The number of carbonyl (C=O) groups excluding carboxylic acids is 1. The minimum Gasteiger partial charge on any atom is -0.512 e. The summed E-state index contributed by atoms with van der Waals surface area (Å²) in [6, 6.07) is 155. The number of anilines is 3. The summed E-state index contributed by atoms with van der Waals surface area (Å²) in [5, 5.41) is 27.8. The molecule has 2 N–H and O–H groups in total. The molecule has 23 aromatic rings. The number of rotatable bonds is 16. The first kappa shape index (κ1) is 105. The Bertz CT molecular complexity index is 8000. The third-order valence-electron chi connectivity index (χ3n) is 22.8. The van der Waals surface area contributed by atoms with Gasteiger partial charge in [0.2, 0.25) is 0 Å². The number of hydrogen-bond donors (Lipinski definition) is 2. The van der Waals surface area contributed by atoms with Crippen molar-refractivity contribution in [3.8, 4) is 99.7 Å². The van der Waals surface area contributed by atoms with E-state index in [0.717, 1.165) is 153 Å². The number of aliphatic hydroxyl groups is 1. The molecule has 0 amide bonds. The Morgan fingerprint density at radius 3 is 1.43 bits per heavy atom. The van der Waals surface area contributed by atoms with Crippen LogP contribution in [0, 0.1) is 62.4 Å². The van der Waals surface area contributed by atoms with E-state index < -0.39 is 11.6 Å². The summed E-state index contributed by atoms with van der Waals surface area (Å²) in [5.41, 5.74) is 19.2. The predicted molar refractivity (Wildman–Crippen MR) is 567 cm³/mol. The molecule has 10 heterocycles. The van der Waals surface area contributed by atoms with Gasteiger partial charge in [0, 0.05) is 99.5 Å². The van der Waals surface area contributed by atoms with Gasteiger partial charge in [-0.15, -0.1) is 185 Å². The molecule has 2 radical (unpaired) electrons. The molecule has 0 atom stereocenters. The molecule has 0 saturated heterocycles. The Morgan fingerprint density at radius 2 is 0.875 bits per heavy atom. The van der Waals surface area contributed by atoms with Gasteiger partial charge in [-0.2, -0.15) is 18.2 Å². The fraction of sp³-hybridized carbons (Fsp3) is 0.0484. The number of ketones is 1. The number of para-hydroxylation sites is 1. The van der Waals surface area contributed by atoms with Crippen LogP contribution in [0.5, 0.6) is 0 Å². The Labute approximate surface area is 899 Å². The Kier molecular flexibility index (Phi) is 36.2. The summed E-state index contributed by atoms with van der Waals surface area (Å²) in [4.78, 5) is 61.8. The quantitative estimate of drug-likeness (QED) is 0.0404. The minimum absolute atomic E-state index is 0. The van der Waals surface area contributed by atoms with Crippen LogP contribution in [0.4, 0.5) is 21.5 Å². The third kappa shape index (κ3) is 25.6. The molecular weight excluding hydrogens is 2540 g/mol. The van der Waals surface area contributed by atoms with Gasteiger partial charge >= 0.3 is 48.1 Å². The number of carbonyl (C=O) groups is 2. The van der Waals surface area contributed by atoms with E-state index in [4.69, 9.17) is 15.1 Å². The third-order valence-corrected chi connectivity index (χ3v) is 24.9. The smallest absolute Gasteiger partial charge is 0.512 e. The summed E-state index contributed by atoms with van der Waals surface area (Å²) in [6.07, 6.45) is 8.44. The molecule has 23 rings (SSSR count). The van der Waals surface area contributed by atoms with Gasteiger partial charge in [-0.3, -0.25) is 29.7 Å². The molecule has 0 fully saturated rings. The fourth-order valence-electron chi connectivity index (χ4n) is 16.1. The second kappa shape index (κ2) is 49.7. The van der Waals surface area contributed by atoms with Crippen molar-refractivity contribution in [1.82, 2.24) is 39.9 Å². The van der Waals surface area contributed by atoms with Crippen molar-refractivity contribution < 1.29 is 107 Å². The number of benzene rings is 13. The van der Waals surface area contributed by atoms with Gasteiger partial charge in [-0.05, 0) is 163 Å². The molecule has 0 spiro atoms. The number of aromatic nitrogens is 8. The largest absolute Gasteiger partial charge is 2.00 e. The summed E-state index contributed by atoms with van der Waals surface area (Å²) in [6.45, 7) is 8.39. The van der Waals surface area contributed by atoms with Crippen molar-refractivity contribution in [2.24, 2.45) is 0 Å². The van der Waals surface area contributed by atoms with E-state index in [2.05, 4.69) is 205 Å². The summed E-state index contributed by atoms with van der Waals surface area (Å²) in [5.74, 6) is -1.10. The number of allylic oxidation sites excluding steroid dienone is 2. The van der Waals surface area contributed by atoms with Crippen LogP contribution in [-0.4, -0.2) is 61.8 Å². The maximum atomic E-state index is 16.2. The molecule has 0 saturated carbocycles. The zero-order chi connectivity index (χ0) is 96.3. The molecule has 0 aliphatic heterocycles. The van der Waals surface area contributed by atoms with Crippen LogP contribution < -0.4 is 4.90 Å². The first-order valence-electron chi connectivity index (χ1n) is 45.2. The van der Waals surface area contributed by atoms with Crippen molar-refractivity contribution in [3.05, 3.63) is 502 Å². The second-order valence-electron chi connectivity index (χ2n) is 32.8. The van der Waals surface area contributed by atoms with E-state index >= 15 is 4.39 Å². The minimum atomic E-state index is -1.85. The fourth-order valence-corrected chi connectivity index (χ4v) is 18.0. The monoisotopic (exact) mass is 2620 g/mol. The molecule has 712 valence electrons. The van der Waals surface area contributed by atoms with E-state index in [1.54, 1.807) is 59.3 Å². The summed E-state index contributed by atoms with van der Waals surface area (Å²) < 4.78 is 18.5. The van der Waals surface area contributed by atoms with Crippen LogP contribution in [0.3, 0.4) is 0 Å². The predicted octanol–water partition coefficient (Wildman–Crippen LogP) is 31.1. The summed E-state index contributed by atoms with van der Waals surface area (Å²) >= 11 is 3.22. The average molecular weight is 2620 g/mol. The Morgan fingerprint density at radius 1 is 0.382 bits per heavy atom. The van der Waals surface area contributed by atoms with E-state index in [-0.39, 0.29) is 99.6 Å². The molecule has 20 heteroatoms. The second-order valence-corrected chi connectivity index (χ2v) is 34.9. The van der Waals surface area contributed by atoms with E-state index in [1.165, 1.54) is 48.4 Å². The molecule has 144 heavy (non-hydrogen) atoms. The van der Waals surface area contributed by atoms with E-state index in [1.807, 2.05) is 269 Å². The van der Waals surface area contributed by atoms with Crippen LogP contribution in [0.25, 0.3) is 163 Å². The molecule has 13 aromatic carbocycles. The van der Waals surface area contributed by atoms with Crippen LogP contribution >= 0.6 is 22.7 Å². The number of alkyl halides is 1. The molecule has 0 bridgehead atoms. The van der Waals surface area contributed by atoms with Gasteiger partial charge in [0.15, 0.2) is 11.5 Å². The number of carboxylic acids is 1. The standard InChI is InChI=1S/C28H17FN2S2.C28H19N3.C26H17N2.C19H14NO2.C18H11N.C5H8O2.2Ir.2Pt/c1-28(29,26-14-6-10-20(30-26)24-16-18-8-2-4-12-22(18)32-24)27-15-7-11-21(31-27)25-17-19-9-3-5-13-23(19)33-25;1-2-12-24(13-3-1)31(25-14-8-10-22(20-25)27-16-4-6-18-29-27)26-15-9-11-23(21-26)28-17-5-7-19-30-28;1-2-8-19(9-3-1)21-16-22(25-12-6-7-14-27-25)18-23(17-21)26-24-11-5-4-10-20(24)13-15-28-26;1-13-7-9-14(10-8-13)16-11-17(15-5-3-2-4-6-15)20-18(12-16)19(21)22;1-12-10-11-17-15-8-3-2-6-13(15)14-7-4-5-9-16(14)18(17)19-12;1-4(6)3-5(2)7;;;;/h2-15H,1H3;1-19H;1-17H;2-5,7-12H,1H3,(H,21,22);2-7,9-10H,1H3;3,6H,1-2H3;;;;/q2*-2;2*-1;-2;;;;2*+2. The van der Waals surface area contributed by atoms with Crippen molar-refractivity contribution in [2.75, 3.05) is 4.90 Å². The van der Waals surface area contributed by atoms with Gasteiger partial charge in [-0.25, -0.2) is 42.6 Å². The molecule has 0 unspecified atom stereocenters. The Hall–Kier alpha value is -14.9.